The fraction of sp³-hybridized carbons (Fsp3) is 0.333. The molecule has 3 amide bonds. The number of carbonyl (C=O) groups excluding carboxylic acids is 2. The van der Waals surface area contributed by atoms with E-state index in [1.54, 1.807) is 4.90 Å². The van der Waals surface area contributed by atoms with Crippen LogP contribution >= 0.6 is 0 Å². The van der Waals surface area contributed by atoms with Crippen molar-refractivity contribution in [3.63, 3.8) is 0 Å². The van der Waals surface area contributed by atoms with Crippen LogP contribution in [0, 0.1) is 6.92 Å². The lowest BCUT2D eigenvalue weighted by Gasteiger charge is -2.49. The molecule has 290 valence electrons. The van der Waals surface area contributed by atoms with Gasteiger partial charge in [-0.25, -0.2) is 19.7 Å². The van der Waals surface area contributed by atoms with Gasteiger partial charge in [0.05, 0.1) is 11.0 Å². The number of anilines is 5. The molecular weight excluding hydrogens is 721 g/mol. The Morgan fingerprint density at radius 1 is 0.930 bits per heavy atom. The SMILES string of the molecule is Cc1c(-c2ccc3cnc(Nc4ccc(CN5CCN(C6CN(c7ccc8c(N9CCC(=O)NC9=O)nn(C)c8c7)C6)CC5)cc4)nc3c2)cnc2c1NCCO2. The van der Waals surface area contributed by atoms with E-state index in [0.29, 0.717) is 36.8 Å². The Bertz CT molecular complexity index is 2520. The molecule has 0 atom stereocenters. The molecule has 7 heterocycles. The van der Waals surface area contributed by atoms with Gasteiger partial charge in [-0.05, 0) is 60.0 Å². The molecule has 15 heteroatoms. The summed E-state index contributed by atoms with van der Waals surface area (Å²) in [4.78, 5) is 47.2. The molecule has 4 aliphatic heterocycles. The van der Waals surface area contributed by atoms with Crippen LogP contribution in [-0.4, -0.2) is 111 Å². The monoisotopic (exact) mass is 764 g/mol. The largest absolute Gasteiger partial charge is 0.474 e. The zero-order valence-electron chi connectivity index (χ0n) is 32.0. The van der Waals surface area contributed by atoms with Gasteiger partial charge in [0.25, 0.3) is 0 Å². The van der Waals surface area contributed by atoms with Crippen LogP contribution in [0.3, 0.4) is 0 Å². The van der Waals surface area contributed by atoms with E-state index in [0.717, 1.165) is 108 Å². The summed E-state index contributed by atoms with van der Waals surface area (Å²) in [5.74, 6) is 1.56. The number of hydrogen-bond acceptors (Lipinski definition) is 12. The number of fused-ring (bicyclic) bond motifs is 3. The molecule has 15 nitrogen and oxygen atoms in total. The minimum atomic E-state index is -0.417. The van der Waals surface area contributed by atoms with Crippen LogP contribution < -0.4 is 30.5 Å². The second-order valence-corrected chi connectivity index (χ2v) is 15.3. The highest BCUT2D eigenvalue weighted by molar-refractivity contribution is 6.09. The van der Waals surface area contributed by atoms with Gasteiger partial charge in [-0.1, -0.05) is 24.3 Å². The van der Waals surface area contributed by atoms with E-state index >= 15 is 0 Å². The number of carbonyl (C=O) groups is 2. The molecule has 57 heavy (non-hydrogen) atoms. The third-order valence-corrected chi connectivity index (χ3v) is 11.7. The summed E-state index contributed by atoms with van der Waals surface area (Å²) < 4.78 is 7.54. The summed E-state index contributed by atoms with van der Waals surface area (Å²) >= 11 is 0. The van der Waals surface area contributed by atoms with Crippen molar-refractivity contribution in [1.82, 2.24) is 39.8 Å². The summed E-state index contributed by atoms with van der Waals surface area (Å²) in [6.07, 6.45) is 4.01. The molecule has 3 aromatic carbocycles. The minimum Gasteiger partial charge on any atom is -0.474 e. The molecular formula is C42H44N12O3. The van der Waals surface area contributed by atoms with Crippen molar-refractivity contribution < 1.29 is 14.3 Å². The second-order valence-electron chi connectivity index (χ2n) is 15.3. The van der Waals surface area contributed by atoms with E-state index in [-0.39, 0.29) is 12.3 Å². The van der Waals surface area contributed by atoms with Crippen LogP contribution in [0.15, 0.2) is 73.1 Å². The van der Waals surface area contributed by atoms with E-state index in [2.05, 4.69) is 107 Å². The Balaban J connectivity index is 0.718. The predicted molar refractivity (Wildman–Crippen MR) is 220 cm³/mol. The maximum Gasteiger partial charge on any atom is 0.329 e. The van der Waals surface area contributed by atoms with Gasteiger partial charge in [-0.2, -0.15) is 5.10 Å². The van der Waals surface area contributed by atoms with Crippen LogP contribution in [0.4, 0.5) is 33.6 Å². The van der Waals surface area contributed by atoms with Gasteiger partial charge >= 0.3 is 6.03 Å². The smallest absolute Gasteiger partial charge is 0.329 e. The van der Waals surface area contributed by atoms with Crippen LogP contribution in [0.1, 0.15) is 17.5 Å². The summed E-state index contributed by atoms with van der Waals surface area (Å²) in [6, 6.07) is 21.2. The summed E-state index contributed by atoms with van der Waals surface area (Å²) in [5, 5.41) is 15.7. The van der Waals surface area contributed by atoms with Crippen molar-refractivity contribution in [3.8, 4) is 17.0 Å². The van der Waals surface area contributed by atoms with E-state index < -0.39 is 6.03 Å². The van der Waals surface area contributed by atoms with Gasteiger partial charge in [0.15, 0.2) is 5.82 Å². The van der Waals surface area contributed by atoms with E-state index in [9.17, 15) is 9.59 Å². The molecule has 0 unspecified atom stereocenters. The Hall–Kier alpha value is -6.32. The molecule has 3 fully saturated rings. The van der Waals surface area contributed by atoms with Gasteiger partial charge in [-0.3, -0.25) is 29.5 Å². The molecule has 0 bridgehead atoms. The number of nitrogens with one attached hydrogen (secondary N) is 3. The summed E-state index contributed by atoms with van der Waals surface area (Å²) in [6.45, 7) is 10.9. The summed E-state index contributed by atoms with van der Waals surface area (Å²) in [7, 11) is 1.90. The maximum atomic E-state index is 12.5. The molecule has 3 aromatic heterocycles. The van der Waals surface area contributed by atoms with Crippen molar-refractivity contribution in [2.75, 3.05) is 79.4 Å². The number of rotatable bonds is 8. The molecule has 0 spiro atoms. The first-order chi connectivity index (χ1) is 27.8. The first-order valence-electron chi connectivity index (χ1n) is 19.6. The normalized spacial score (nSPS) is 17.9. The maximum absolute atomic E-state index is 12.5. The molecule has 3 saturated heterocycles. The average Bonchev–Trinajstić information content (AvgIpc) is 3.53. The second kappa shape index (κ2) is 14.3. The standard InChI is InChI=1S/C42H44N12O3/c1-26-34(22-44-40-38(26)43-12-18-57-40)28-5-6-29-21-45-41(47-35(29)19-28)46-30-7-3-27(4-8-30)23-51-14-16-52(17-15-51)32-24-53(25-32)31-9-10-33-36(20-31)50(2)49-39(33)54-13-11-37(55)48-42(54)56/h3-10,19-22,32,43H,11-18,23-25H2,1-2H3,(H,45,46,47)(H,48,55,56). The van der Waals surface area contributed by atoms with E-state index in [4.69, 9.17) is 9.72 Å². The third kappa shape index (κ3) is 6.72. The molecule has 4 aliphatic rings. The van der Waals surface area contributed by atoms with Crippen molar-refractivity contribution >= 4 is 62.6 Å². The minimum absolute atomic E-state index is 0.249. The molecule has 6 aromatic rings. The molecule has 0 saturated carbocycles. The van der Waals surface area contributed by atoms with E-state index in [1.807, 2.05) is 30.2 Å². The Morgan fingerprint density at radius 3 is 2.60 bits per heavy atom. The lowest BCUT2D eigenvalue weighted by atomic mass is 10.00. The summed E-state index contributed by atoms with van der Waals surface area (Å²) in [5.41, 5.74) is 9.39. The van der Waals surface area contributed by atoms with Gasteiger partial charge in [0.2, 0.25) is 17.7 Å². The van der Waals surface area contributed by atoms with Gasteiger partial charge in [0.1, 0.15) is 12.3 Å². The number of aryl methyl sites for hydroxylation is 1. The van der Waals surface area contributed by atoms with Gasteiger partial charge in [0, 0.05) is 119 Å². The van der Waals surface area contributed by atoms with Crippen molar-refractivity contribution in [1.29, 1.82) is 0 Å². The Kier molecular flexibility index (Phi) is 8.82. The molecule has 0 aliphatic carbocycles. The lowest BCUT2D eigenvalue weighted by Crippen LogP contribution is -2.63. The predicted octanol–water partition coefficient (Wildman–Crippen LogP) is 4.89. The zero-order valence-corrected chi connectivity index (χ0v) is 32.0. The highest BCUT2D eigenvalue weighted by Crippen LogP contribution is 2.36. The Labute approximate surface area is 329 Å². The highest BCUT2D eigenvalue weighted by atomic mass is 16.5. The van der Waals surface area contributed by atoms with Crippen molar-refractivity contribution in [2.24, 2.45) is 7.05 Å². The first kappa shape index (κ1) is 35.1. The number of piperazine rings is 1. The number of benzene rings is 3. The van der Waals surface area contributed by atoms with E-state index in [1.165, 1.54) is 5.56 Å². The Morgan fingerprint density at radius 2 is 1.77 bits per heavy atom. The fourth-order valence-corrected chi connectivity index (χ4v) is 8.42. The molecule has 3 N–H and O–H groups in total. The molecule has 10 rings (SSSR count). The van der Waals surface area contributed by atoms with Crippen LogP contribution in [0.25, 0.3) is 32.9 Å². The highest BCUT2D eigenvalue weighted by Gasteiger charge is 2.34. The van der Waals surface area contributed by atoms with Gasteiger partial charge < -0.3 is 20.3 Å². The van der Waals surface area contributed by atoms with Crippen LogP contribution in [-0.2, 0) is 18.4 Å². The van der Waals surface area contributed by atoms with Gasteiger partial charge in [-0.15, -0.1) is 0 Å². The zero-order chi connectivity index (χ0) is 38.6. The lowest BCUT2D eigenvalue weighted by molar-refractivity contribution is -0.120. The number of amides is 3. The number of pyridine rings is 1. The van der Waals surface area contributed by atoms with Crippen molar-refractivity contribution in [3.05, 3.63) is 84.2 Å². The first-order valence-corrected chi connectivity index (χ1v) is 19.6. The number of urea groups is 1. The number of aromatic nitrogens is 5. The topological polar surface area (TPSA) is 149 Å². The fourth-order valence-electron chi connectivity index (χ4n) is 8.42. The number of nitrogens with zero attached hydrogens (tertiary/aromatic N) is 9. The van der Waals surface area contributed by atoms with Crippen molar-refractivity contribution in [2.45, 2.75) is 25.9 Å². The number of imide groups is 1. The third-order valence-electron chi connectivity index (χ3n) is 11.7. The average molecular weight is 765 g/mol. The number of ether oxygens (including phenoxy) is 1. The van der Waals surface area contributed by atoms with Crippen LogP contribution in [0.2, 0.25) is 0 Å². The number of hydrogen-bond donors (Lipinski definition) is 3. The quantitative estimate of drug-likeness (QED) is 0.194. The molecule has 0 radical (unpaired) electrons. The van der Waals surface area contributed by atoms with Crippen LogP contribution in [0.5, 0.6) is 5.88 Å².